The van der Waals surface area contributed by atoms with Gasteiger partial charge in [-0.15, -0.1) is 0 Å². The molecule has 0 bridgehead atoms. The van der Waals surface area contributed by atoms with Crippen molar-refractivity contribution in [2.45, 2.75) is 26.4 Å². The molecule has 1 unspecified atom stereocenters. The van der Waals surface area contributed by atoms with Crippen LogP contribution < -0.4 is 0 Å². The first-order valence-electron chi connectivity index (χ1n) is 6.22. The smallest absolute Gasteiger partial charge is 0.336 e. The van der Waals surface area contributed by atoms with Crippen molar-refractivity contribution >= 4 is 5.97 Å². The number of aliphatic carboxylic acids is 1. The lowest BCUT2D eigenvalue weighted by atomic mass is 10.1. The predicted octanol–water partition coefficient (Wildman–Crippen LogP) is 0.0956. The van der Waals surface area contributed by atoms with Gasteiger partial charge in [0.05, 0.1) is 0 Å². The van der Waals surface area contributed by atoms with E-state index in [4.69, 9.17) is 5.11 Å². The Balaban J connectivity index is 2.35. The Morgan fingerprint density at radius 1 is 1.24 bits per heavy atom. The van der Waals surface area contributed by atoms with E-state index in [1.54, 1.807) is 0 Å². The monoisotopic (exact) mass is 244 g/mol. The van der Waals surface area contributed by atoms with Gasteiger partial charge >= 0.3 is 5.97 Å². The summed E-state index contributed by atoms with van der Waals surface area (Å²) in [5, 5.41) is 18.6. The van der Waals surface area contributed by atoms with Crippen LogP contribution in [0.1, 0.15) is 20.8 Å². The van der Waals surface area contributed by atoms with Gasteiger partial charge in [-0.25, -0.2) is 4.79 Å². The van der Waals surface area contributed by atoms with Gasteiger partial charge in [-0.2, -0.15) is 0 Å². The molecule has 5 nitrogen and oxygen atoms in total. The summed E-state index contributed by atoms with van der Waals surface area (Å²) in [7, 11) is 0. The quantitative estimate of drug-likeness (QED) is 0.718. The summed E-state index contributed by atoms with van der Waals surface area (Å²) in [5.74, 6) is -0.495. The van der Waals surface area contributed by atoms with Gasteiger partial charge < -0.3 is 15.1 Å². The van der Waals surface area contributed by atoms with Crippen LogP contribution in [0.2, 0.25) is 0 Å². The number of piperazine rings is 1. The van der Waals surface area contributed by atoms with Gasteiger partial charge in [-0.1, -0.05) is 13.8 Å². The summed E-state index contributed by atoms with van der Waals surface area (Å²) in [6.07, 6.45) is 0. The Morgan fingerprint density at radius 2 is 1.71 bits per heavy atom. The summed E-state index contributed by atoms with van der Waals surface area (Å²) in [6.45, 7) is 10.6. The molecular formula is C12H24N2O3. The minimum Gasteiger partial charge on any atom is -0.479 e. The molecule has 1 saturated heterocycles. The highest BCUT2D eigenvalue weighted by Crippen LogP contribution is 2.10. The summed E-state index contributed by atoms with van der Waals surface area (Å²) in [5.41, 5.74) is -1.64. The number of hydrogen-bond donors (Lipinski definition) is 2. The van der Waals surface area contributed by atoms with Crippen LogP contribution in [0.15, 0.2) is 0 Å². The Kier molecular flexibility index (Phi) is 4.91. The van der Waals surface area contributed by atoms with Crippen LogP contribution in [0.3, 0.4) is 0 Å². The van der Waals surface area contributed by atoms with Crippen molar-refractivity contribution in [3.63, 3.8) is 0 Å². The lowest BCUT2D eigenvalue weighted by Gasteiger charge is -2.37. The van der Waals surface area contributed by atoms with E-state index in [0.717, 1.165) is 32.7 Å². The standard InChI is InChI=1S/C12H24N2O3/c1-10(2)8-13-4-6-14(7-5-13)9-12(3,17)11(15)16/h10,17H,4-9H2,1-3H3,(H,15,16). The molecule has 1 heterocycles. The van der Waals surface area contributed by atoms with Crippen molar-refractivity contribution < 1.29 is 15.0 Å². The van der Waals surface area contributed by atoms with Crippen LogP contribution in [0.25, 0.3) is 0 Å². The lowest BCUT2D eigenvalue weighted by molar-refractivity contribution is -0.158. The van der Waals surface area contributed by atoms with Crippen LogP contribution in [0, 0.1) is 5.92 Å². The van der Waals surface area contributed by atoms with E-state index >= 15 is 0 Å². The third kappa shape index (κ3) is 4.61. The molecule has 0 saturated carbocycles. The second-order valence-electron chi connectivity index (χ2n) is 5.55. The average Bonchev–Trinajstić information content (AvgIpc) is 2.19. The summed E-state index contributed by atoms with van der Waals surface area (Å²) < 4.78 is 0. The Bertz CT molecular complexity index is 258. The molecule has 1 aliphatic rings. The minimum atomic E-state index is -1.64. The molecule has 0 spiro atoms. The van der Waals surface area contributed by atoms with E-state index in [9.17, 15) is 9.90 Å². The molecule has 0 amide bonds. The number of rotatable bonds is 5. The zero-order valence-corrected chi connectivity index (χ0v) is 11.0. The highest BCUT2D eigenvalue weighted by molar-refractivity contribution is 5.76. The third-order valence-electron chi connectivity index (χ3n) is 3.08. The van der Waals surface area contributed by atoms with Gasteiger partial charge in [-0.3, -0.25) is 4.90 Å². The molecule has 5 heteroatoms. The molecule has 1 fully saturated rings. The maximum atomic E-state index is 10.8. The lowest BCUT2D eigenvalue weighted by Crippen LogP contribution is -2.53. The summed E-state index contributed by atoms with van der Waals surface area (Å²) in [4.78, 5) is 15.2. The number of carbonyl (C=O) groups is 1. The molecule has 0 aromatic carbocycles. The van der Waals surface area contributed by atoms with Gasteiger partial charge in [0.25, 0.3) is 0 Å². The van der Waals surface area contributed by atoms with Crippen molar-refractivity contribution in [2.75, 3.05) is 39.3 Å². The second-order valence-corrected chi connectivity index (χ2v) is 5.55. The number of nitrogens with zero attached hydrogens (tertiary/aromatic N) is 2. The fourth-order valence-corrected chi connectivity index (χ4v) is 2.15. The van der Waals surface area contributed by atoms with Crippen molar-refractivity contribution in [1.82, 2.24) is 9.80 Å². The van der Waals surface area contributed by atoms with Crippen LogP contribution in [-0.4, -0.2) is 70.9 Å². The highest BCUT2D eigenvalue weighted by atomic mass is 16.4. The third-order valence-corrected chi connectivity index (χ3v) is 3.08. The van der Waals surface area contributed by atoms with Crippen molar-refractivity contribution in [1.29, 1.82) is 0 Å². The van der Waals surface area contributed by atoms with E-state index in [1.807, 2.05) is 4.90 Å². The normalized spacial score (nSPS) is 22.6. The maximum Gasteiger partial charge on any atom is 0.336 e. The first-order valence-corrected chi connectivity index (χ1v) is 6.22. The molecular weight excluding hydrogens is 220 g/mol. The van der Waals surface area contributed by atoms with Gasteiger partial charge in [0.15, 0.2) is 5.60 Å². The van der Waals surface area contributed by atoms with Gasteiger partial charge in [0.2, 0.25) is 0 Å². The molecule has 2 N–H and O–H groups in total. The molecule has 100 valence electrons. The van der Waals surface area contributed by atoms with Crippen molar-refractivity contribution in [3.8, 4) is 0 Å². The van der Waals surface area contributed by atoms with E-state index in [0.29, 0.717) is 5.92 Å². The number of carboxylic acids is 1. The Hall–Kier alpha value is -0.650. The van der Waals surface area contributed by atoms with E-state index in [-0.39, 0.29) is 6.54 Å². The van der Waals surface area contributed by atoms with E-state index in [1.165, 1.54) is 6.92 Å². The van der Waals surface area contributed by atoms with Gasteiger partial charge in [-0.05, 0) is 12.8 Å². The SMILES string of the molecule is CC(C)CN1CCN(CC(C)(O)C(=O)O)CC1. The second kappa shape index (κ2) is 5.80. The van der Waals surface area contributed by atoms with Gasteiger partial charge in [0.1, 0.15) is 0 Å². The molecule has 0 aromatic heterocycles. The molecule has 1 rings (SSSR count). The zero-order chi connectivity index (χ0) is 13.1. The molecule has 17 heavy (non-hydrogen) atoms. The first kappa shape index (κ1) is 14.4. The Labute approximate surface area is 103 Å². The topological polar surface area (TPSA) is 64.0 Å². The van der Waals surface area contributed by atoms with Crippen LogP contribution in [0.4, 0.5) is 0 Å². The van der Waals surface area contributed by atoms with Gasteiger partial charge in [0, 0.05) is 39.3 Å². The number of hydrogen-bond acceptors (Lipinski definition) is 4. The Morgan fingerprint density at radius 3 is 2.12 bits per heavy atom. The van der Waals surface area contributed by atoms with Crippen LogP contribution >= 0.6 is 0 Å². The van der Waals surface area contributed by atoms with Crippen molar-refractivity contribution in [2.24, 2.45) is 5.92 Å². The first-order chi connectivity index (χ1) is 7.81. The number of aliphatic hydroxyl groups is 1. The summed E-state index contributed by atoms with van der Waals surface area (Å²) in [6, 6.07) is 0. The molecule has 0 aliphatic carbocycles. The maximum absolute atomic E-state index is 10.8. The molecule has 1 aliphatic heterocycles. The minimum absolute atomic E-state index is 0.206. The zero-order valence-electron chi connectivity index (χ0n) is 11.0. The molecule has 0 radical (unpaired) electrons. The largest absolute Gasteiger partial charge is 0.479 e. The van der Waals surface area contributed by atoms with Crippen molar-refractivity contribution in [3.05, 3.63) is 0 Å². The van der Waals surface area contributed by atoms with E-state index < -0.39 is 11.6 Å². The number of β-amino-alcohol motifs (C(OH)–C–C–N with tert-alkyl or cyclic N) is 1. The molecule has 0 aromatic rings. The van der Waals surface area contributed by atoms with E-state index in [2.05, 4.69) is 18.7 Å². The van der Waals surface area contributed by atoms with Crippen LogP contribution in [-0.2, 0) is 4.79 Å². The van der Waals surface area contributed by atoms with Crippen LogP contribution in [0.5, 0.6) is 0 Å². The fourth-order valence-electron chi connectivity index (χ4n) is 2.15. The molecule has 1 atom stereocenters. The predicted molar refractivity (Wildman–Crippen MR) is 66.0 cm³/mol. The highest BCUT2D eigenvalue weighted by Gasteiger charge is 2.33. The number of carboxylic acid groups (broad SMARTS) is 1. The average molecular weight is 244 g/mol. The summed E-state index contributed by atoms with van der Waals surface area (Å²) >= 11 is 0. The fraction of sp³-hybridized carbons (Fsp3) is 0.917.